The monoisotopic (exact) mass is 408 g/mol. The predicted molar refractivity (Wildman–Crippen MR) is 118 cm³/mol. The summed E-state index contributed by atoms with van der Waals surface area (Å²) in [6, 6.07) is 14.2. The molecule has 2 aromatic carbocycles. The zero-order valence-corrected chi connectivity index (χ0v) is 18.3. The lowest BCUT2D eigenvalue weighted by molar-refractivity contribution is 0.0675. The highest BCUT2D eigenvalue weighted by atomic mass is 16.5. The lowest BCUT2D eigenvalue weighted by atomic mass is 9.79. The highest BCUT2D eigenvalue weighted by Crippen LogP contribution is 2.40. The molecule has 2 heterocycles. The molecule has 1 unspecified atom stereocenters. The second-order valence-electron chi connectivity index (χ2n) is 8.88. The van der Waals surface area contributed by atoms with E-state index in [0.29, 0.717) is 17.1 Å². The van der Waals surface area contributed by atoms with Crippen LogP contribution in [0.15, 0.2) is 42.5 Å². The van der Waals surface area contributed by atoms with Crippen molar-refractivity contribution in [3.05, 3.63) is 59.2 Å². The van der Waals surface area contributed by atoms with Gasteiger partial charge in [-0.05, 0) is 50.4 Å². The van der Waals surface area contributed by atoms with E-state index in [1.54, 1.807) is 32.4 Å². The smallest absolute Gasteiger partial charge is 0.254 e. The van der Waals surface area contributed by atoms with E-state index in [9.17, 15) is 4.79 Å². The van der Waals surface area contributed by atoms with Gasteiger partial charge in [0.1, 0.15) is 11.5 Å². The first kappa shape index (κ1) is 20.7. The third kappa shape index (κ3) is 4.46. The molecule has 0 bridgehead atoms. The molecule has 0 N–H and O–H groups in total. The number of carbonyl (C=O) groups excluding carboxylic acids is 1. The molecular weight excluding hydrogens is 376 g/mol. The molecule has 2 aliphatic rings. The van der Waals surface area contributed by atoms with Crippen LogP contribution in [-0.2, 0) is 6.54 Å². The van der Waals surface area contributed by atoms with Gasteiger partial charge in [-0.2, -0.15) is 0 Å². The van der Waals surface area contributed by atoms with Gasteiger partial charge in [-0.25, -0.2) is 0 Å². The standard InChI is InChI=1S/C25H32N2O3/c1-19-6-4-7-20(12-19)16-26-10-5-8-25(17-26)9-11-27(18-25)24(28)21-13-22(29-2)15-23(14-21)30-3/h4,6-7,12-15H,5,8-11,16-18H2,1-3H3. The van der Waals surface area contributed by atoms with Crippen molar-refractivity contribution in [3.8, 4) is 11.5 Å². The Hall–Kier alpha value is -2.53. The number of rotatable bonds is 5. The Balaban J connectivity index is 1.44. The van der Waals surface area contributed by atoms with Crippen LogP contribution in [0.1, 0.15) is 40.7 Å². The summed E-state index contributed by atoms with van der Waals surface area (Å²) in [4.78, 5) is 17.8. The minimum Gasteiger partial charge on any atom is -0.497 e. The molecule has 1 atom stereocenters. The molecule has 30 heavy (non-hydrogen) atoms. The molecule has 0 aromatic heterocycles. The minimum atomic E-state index is 0.0693. The van der Waals surface area contributed by atoms with Gasteiger partial charge in [-0.1, -0.05) is 29.8 Å². The number of piperidine rings is 1. The van der Waals surface area contributed by atoms with Crippen molar-refractivity contribution < 1.29 is 14.3 Å². The molecule has 2 fully saturated rings. The number of hydrogen-bond donors (Lipinski definition) is 0. The first-order valence-corrected chi connectivity index (χ1v) is 10.8. The Labute approximate surface area is 179 Å². The molecule has 5 nitrogen and oxygen atoms in total. The first-order chi connectivity index (χ1) is 14.5. The fraction of sp³-hybridized carbons (Fsp3) is 0.480. The molecule has 5 heteroatoms. The number of ether oxygens (including phenoxy) is 2. The lowest BCUT2D eigenvalue weighted by Crippen LogP contribution is -2.45. The largest absolute Gasteiger partial charge is 0.497 e. The summed E-state index contributed by atoms with van der Waals surface area (Å²) in [5, 5.41) is 0. The first-order valence-electron chi connectivity index (χ1n) is 10.8. The maximum atomic E-state index is 13.2. The van der Waals surface area contributed by atoms with Crippen LogP contribution in [-0.4, -0.2) is 56.1 Å². The van der Waals surface area contributed by atoms with Gasteiger partial charge in [0, 0.05) is 43.2 Å². The van der Waals surface area contributed by atoms with E-state index >= 15 is 0 Å². The van der Waals surface area contributed by atoms with Gasteiger partial charge in [-0.3, -0.25) is 9.69 Å². The molecule has 2 saturated heterocycles. The Bertz CT molecular complexity index is 891. The van der Waals surface area contributed by atoms with Crippen LogP contribution in [0.3, 0.4) is 0 Å². The number of methoxy groups -OCH3 is 2. The number of likely N-dealkylation sites (tertiary alicyclic amines) is 2. The van der Waals surface area contributed by atoms with Crippen molar-refractivity contribution in [1.29, 1.82) is 0 Å². The third-order valence-corrected chi connectivity index (χ3v) is 6.55. The number of aryl methyl sites for hydroxylation is 1. The van der Waals surface area contributed by atoms with Crippen LogP contribution >= 0.6 is 0 Å². The van der Waals surface area contributed by atoms with Crippen LogP contribution in [0.5, 0.6) is 11.5 Å². The summed E-state index contributed by atoms with van der Waals surface area (Å²) in [5.41, 5.74) is 3.53. The van der Waals surface area contributed by atoms with E-state index < -0.39 is 0 Å². The number of nitrogens with zero attached hydrogens (tertiary/aromatic N) is 2. The SMILES string of the molecule is COc1cc(OC)cc(C(=O)N2CCC3(CCCN(Cc4cccc(C)c4)C3)C2)c1. The van der Waals surface area contributed by atoms with Crippen molar-refractivity contribution in [2.45, 2.75) is 32.7 Å². The topological polar surface area (TPSA) is 42.0 Å². The van der Waals surface area contributed by atoms with E-state index in [4.69, 9.17) is 9.47 Å². The van der Waals surface area contributed by atoms with E-state index in [2.05, 4.69) is 36.1 Å². The number of benzene rings is 2. The van der Waals surface area contributed by atoms with Gasteiger partial charge in [0.15, 0.2) is 0 Å². The summed E-state index contributed by atoms with van der Waals surface area (Å²) in [7, 11) is 3.22. The molecule has 1 spiro atoms. The zero-order valence-electron chi connectivity index (χ0n) is 18.3. The van der Waals surface area contributed by atoms with Crippen LogP contribution in [0.25, 0.3) is 0 Å². The van der Waals surface area contributed by atoms with Crippen LogP contribution < -0.4 is 9.47 Å². The van der Waals surface area contributed by atoms with Gasteiger partial charge in [0.25, 0.3) is 5.91 Å². The van der Waals surface area contributed by atoms with Crippen molar-refractivity contribution >= 4 is 5.91 Å². The summed E-state index contributed by atoms with van der Waals surface area (Å²) in [5.74, 6) is 1.36. The number of amides is 1. The van der Waals surface area contributed by atoms with Crippen molar-refractivity contribution in [2.24, 2.45) is 5.41 Å². The summed E-state index contributed by atoms with van der Waals surface area (Å²) in [6.45, 7) is 6.98. The molecular formula is C25H32N2O3. The molecule has 160 valence electrons. The fourth-order valence-corrected chi connectivity index (χ4v) is 5.07. The number of carbonyl (C=O) groups is 1. The molecule has 2 aromatic rings. The summed E-state index contributed by atoms with van der Waals surface area (Å²) >= 11 is 0. The minimum absolute atomic E-state index is 0.0693. The van der Waals surface area contributed by atoms with Crippen LogP contribution in [0.2, 0.25) is 0 Å². The molecule has 0 radical (unpaired) electrons. The van der Waals surface area contributed by atoms with Crippen molar-refractivity contribution in [1.82, 2.24) is 9.80 Å². The Morgan fingerprint density at radius 1 is 1.00 bits per heavy atom. The Morgan fingerprint density at radius 3 is 2.47 bits per heavy atom. The van der Waals surface area contributed by atoms with E-state index in [1.165, 1.54) is 24.0 Å². The van der Waals surface area contributed by atoms with Crippen LogP contribution in [0.4, 0.5) is 0 Å². The second-order valence-corrected chi connectivity index (χ2v) is 8.88. The van der Waals surface area contributed by atoms with Crippen LogP contribution in [0, 0.1) is 12.3 Å². The van der Waals surface area contributed by atoms with E-state index in [1.807, 2.05) is 4.90 Å². The molecule has 2 aliphatic heterocycles. The average molecular weight is 409 g/mol. The summed E-state index contributed by atoms with van der Waals surface area (Å²) in [6.07, 6.45) is 3.47. The van der Waals surface area contributed by atoms with Crippen molar-refractivity contribution in [3.63, 3.8) is 0 Å². The lowest BCUT2D eigenvalue weighted by Gasteiger charge is -2.40. The summed E-state index contributed by atoms with van der Waals surface area (Å²) < 4.78 is 10.7. The van der Waals surface area contributed by atoms with Gasteiger partial charge in [0.2, 0.25) is 0 Å². The zero-order chi connectivity index (χ0) is 21.1. The average Bonchev–Trinajstić information content (AvgIpc) is 3.15. The Morgan fingerprint density at radius 2 is 1.77 bits per heavy atom. The fourth-order valence-electron chi connectivity index (χ4n) is 5.07. The third-order valence-electron chi connectivity index (χ3n) is 6.55. The maximum absolute atomic E-state index is 13.2. The quantitative estimate of drug-likeness (QED) is 0.746. The van der Waals surface area contributed by atoms with Gasteiger partial charge >= 0.3 is 0 Å². The Kier molecular flexibility index (Phi) is 6.00. The number of hydrogen-bond acceptors (Lipinski definition) is 4. The van der Waals surface area contributed by atoms with E-state index in [0.717, 1.165) is 39.1 Å². The molecule has 1 amide bonds. The van der Waals surface area contributed by atoms with Gasteiger partial charge < -0.3 is 14.4 Å². The van der Waals surface area contributed by atoms with Gasteiger partial charge in [-0.15, -0.1) is 0 Å². The molecule has 0 saturated carbocycles. The normalized spacial score (nSPS) is 21.8. The highest BCUT2D eigenvalue weighted by molar-refractivity contribution is 5.95. The predicted octanol–water partition coefficient (Wildman–Crippen LogP) is 4.14. The van der Waals surface area contributed by atoms with Crippen molar-refractivity contribution in [2.75, 3.05) is 40.4 Å². The molecule has 0 aliphatic carbocycles. The van der Waals surface area contributed by atoms with E-state index in [-0.39, 0.29) is 11.3 Å². The van der Waals surface area contributed by atoms with Gasteiger partial charge in [0.05, 0.1) is 14.2 Å². The highest BCUT2D eigenvalue weighted by Gasteiger charge is 2.42. The second kappa shape index (κ2) is 8.68. The molecule has 4 rings (SSSR count). The maximum Gasteiger partial charge on any atom is 0.254 e.